The van der Waals surface area contributed by atoms with Gasteiger partial charge in [0.1, 0.15) is 11.6 Å². The van der Waals surface area contributed by atoms with Gasteiger partial charge in [-0.25, -0.2) is 15.0 Å². The SMILES string of the molecule is Cc1nc(-c2ccccc2)nc(C2C=Cc3sc4c(ccc5ccccc54)c3C=C2)n1. The van der Waals surface area contributed by atoms with Crippen molar-refractivity contribution in [3.05, 3.63) is 101 Å². The van der Waals surface area contributed by atoms with Gasteiger partial charge >= 0.3 is 0 Å². The summed E-state index contributed by atoms with van der Waals surface area (Å²) in [5.74, 6) is 2.26. The lowest BCUT2D eigenvalue weighted by atomic mass is 10.0. The molecule has 3 aromatic carbocycles. The number of rotatable bonds is 2. The monoisotopic (exact) mass is 417 g/mol. The van der Waals surface area contributed by atoms with Crippen LogP contribution in [-0.2, 0) is 0 Å². The van der Waals surface area contributed by atoms with Gasteiger partial charge in [-0.15, -0.1) is 11.3 Å². The molecule has 0 saturated heterocycles. The van der Waals surface area contributed by atoms with E-state index < -0.39 is 0 Å². The van der Waals surface area contributed by atoms with Crippen LogP contribution in [0.3, 0.4) is 0 Å². The maximum absolute atomic E-state index is 4.80. The van der Waals surface area contributed by atoms with Gasteiger partial charge in [0.25, 0.3) is 0 Å². The van der Waals surface area contributed by atoms with Crippen LogP contribution in [0.1, 0.15) is 28.0 Å². The fourth-order valence-electron chi connectivity index (χ4n) is 4.15. The maximum atomic E-state index is 4.80. The van der Waals surface area contributed by atoms with E-state index in [4.69, 9.17) is 4.98 Å². The van der Waals surface area contributed by atoms with Crippen LogP contribution in [0, 0.1) is 6.92 Å². The number of aromatic nitrogens is 3. The number of thiophene rings is 1. The molecule has 1 aliphatic rings. The van der Waals surface area contributed by atoms with E-state index in [9.17, 15) is 0 Å². The normalized spacial score (nSPS) is 15.3. The molecule has 0 aliphatic heterocycles. The molecule has 2 heterocycles. The molecule has 148 valence electrons. The Balaban J connectivity index is 1.43. The number of fused-ring (bicyclic) bond motifs is 5. The van der Waals surface area contributed by atoms with Crippen molar-refractivity contribution in [2.45, 2.75) is 12.8 Å². The minimum Gasteiger partial charge on any atom is -0.217 e. The van der Waals surface area contributed by atoms with Gasteiger partial charge in [-0.2, -0.15) is 0 Å². The summed E-state index contributed by atoms with van der Waals surface area (Å²) < 4.78 is 1.35. The predicted octanol–water partition coefficient (Wildman–Crippen LogP) is 7.04. The maximum Gasteiger partial charge on any atom is 0.163 e. The van der Waals surface area contributed by atoms with Gasteiger partial charge in [0, 0.05) is 26.1 Å². The molecule has 2 aromatic heterocycles. The van der Waals surface area contributed by atoms with Crippen molar-refractivity contribution in [1.82, 2.24) is 15.0 Å². The van der Waals surface area contributed by atoms with E-state index in [1.807, 2.05) is 48.6 Å². The van der Waals surface area contributed by atoms with E-state index in [-0.39, 0.29) is 5.92 Å². The summed E-state index contributed by atoms with van der Waals surface area (Å²) in [7, 11) is 0. The Morgan fingerprint density at radius 1 is 0.742 bits per heavy atom. The highest BCUT2D eigenvalue weighted by Gasteiger charge is 2.17. The molecule has 0 saturated carbocycles. The van der Waals surface area contributed by atoms with Crippen molar-refractivity contribution in [2.24, 2.45) is 0 Å². The molecule has 0 radical (unpaired) electrons. The minimum atomic E-state index is 0.0132. The summed E-state index contributed by atoms with van der Waals surface area (Å²) >= 11 is 1.85. The summed E-state index contributed by atoms with van der Waals surface area (Å²) in [4.78, 5) is 15.3. The summed E-state index contributed by atoms with van der Waals surface area (Å²) in [5, 5.41) is 3.90. The fourth-order valence-corrected chi connectivity index (χ4v) is 5.39. The van der Waals surface area contributed by atoms with Crippen molar-refractivity contribution in [3.63, 3.8) is 0 Å². The molecular formula is C27H19N3S. The smallest absolute Gasteiger partial charge is 0.163 e. The first-order chi connectivity index (χ1) is 15.3. The number of hydrogen-bond donors (Lipinski definition) is 0. The first kappa shape index (κ1) is 18.2. The van der Waals surface area contributed by atoms with E-state index in [1.54, 1.807) is 0 Å². The summed E-state index contributed by atoms with van der Waals surface area (Å²) in [6.07, 6.45) is 8.85. The molecular weight excluding hydrogens is 398 g/mol. The summed E-state index contributed by atoms with van der Waals surface area (Å²) in [6, 6.07) is 23.1. The Morgan fingerprint density at radius 3 is 2.45 bits per heavy atom. The van der Waals surface area contributed by atoms with Gasteiger partial charge in [-0.3, -0.25) is 0 Å². The van der Waals surface area contributed by atoms with E-state index in [0.29, 0.717) is 0 Å². The second-order valence-electron chi connectivity index (χ2n) is 7.72. The highest BCUT2D eigenvalue weighted by molar-refractivity contribution is 7.21. The second kappa shape index (κ2) is 7.25. The van der Waals surface area contributed by atoms with E-state index in [1.165, 1.54) is 31.3 Å². The number of benzene rings is 3. The van der Waals surface area contributed by atoms with Crippen LogP contribution in [0.2, 0.25) is 0 Å². The van der Waals surface area contributed by atoms with Crippen LogP contribution in [0.5, 0.6) is 0 Å². The quantitative estimate of drug-likeness (QED) is 0.309. The number of aryl methyl sites for hydroxylation is 1. The zero-order valence-corrected chi connectivity index (χ0v) is 17.8. The van der Waals surface area contributed by atoms with Crippen LogP contribution in [0.4, 0.5) is 0 Å². The third kappa shape index (κ3) is 3.16. The van der Waals surface area contributed by atoms with Gasteiger partial charge in [0.05, 0.1) is 5.92 Å². The van der Waals surface area contributed by atoms with Gasteiger partial charge in [0.2, 0.25) is 0 Å². The Labute approximate surface area is 184 Å². The molecule has 1 aliphatic carbocycles. The molecule has 6 rings (SSSR count). The molecule has 0 bridgehead atoms. The van der Waals surface area contributed by atoms with Crippen molar-refractivity contribution in [2.75, 3.05) is 0 Å². The summed E-state index contributed by atoms with van der Waals surface area (Å²) in [5.41, 5.74) is 2.28. The molecule has 1 unspecified atom stereocenters. The zero-order chi connectivity index (χ0) is 20.8. The predicted molar refractivity (Wildman–Crippen MR) is 130 cm³/mol. The Hall–Kier alpha value is -3.63. The van der Waals surface area contributed by atoms with Gasteiger partial charge in [-0.05, 0) is 23.8 Å². The number of allylic oxidation sites excluding steroid dienone is 2. The van der Waals surface area contributed by atoms with Gasteiger partial charge in [-0.1, -0.05) is 85.0 Å². The van der Waals surface area contributed by atoms with Crippen LogP contribution in [0.15, 0.2) is 78.9 Å². The number of nitrogens with zero attached hydrogens (tertiary/aromatic N) is 3. The molecule has 1 atom stereocenters. The van der Waals surface area contributed by atoms with Crippen LogP contribution < -0.4 is 0 Å². The van der Waals surface area contributed by atoms with Crippen molar-refractivity contribution < 1.29 is 0 Å². The van der Waals surface area contributed by atoms with Crippen LogP contribution in [0.25, 0.3) is 44.4 Å². The Morgan fingerprint density at radius 2 is 1.55 bits per heavy atom. The molecule has 3 nitrogen and oxygen atoms in total. The van der Waals surface area contributed by atoms with Crippen molar-refractivity contribution >= 4 is 44.3 Å². The third-order valence-corrected chi connectivity index (χ3v) is 6.89. The van der Waals surface area contributed by atoms with Gasteiger partial charge in [0.15, 0.2) is 5.82 Å². The first-order valence-corrected chi connectivity index (χ1v) is 11.2. The van der Waals surface area contributed by atoms with E-state index in [0.717, 1.165) is 23.0 Å². The van der Waals surface area contributed by atoms with Crippen LogP contribution >= 0.6 is 11.3 Å². The number of hydrogen-bond acceptors (Lipinski definition) is 4. The molecule has 31 heavy (non-hydrogen) atoms. The lowest BCUT2D eigenvalue weighted by Gasteiger charge is -2.09. The minimum absolute atomic E-state index is 0.0132. The summed E-state index contributed by atoms with van der Waals surface area (Å²) in [6.45, 7) is 1.93. The van der Waals surface area contributed by atoms with Gasteiger partial charge < -0.3 is 0 Å². The van der Waals surface area contributed by atoms with Crippen molar-refractivity contribution in [3.8, 4) is 11.4 Å². The highest BCUT2D eigenvalue weighted by atomic mass is 32.1. The first-order valence-electron chi connectivity index (χ1n) is 10.3. The van der Waals surface area contributed by atoms with Crippen molar-refractivity contribution in [1.29, 1.82) is 0 Å². The average molecular weight is 418 g/mol. The standard InChI is InChI=1S/C27H19N3S/c1-17-28-26(19-8-3-2-4-9-19)30-27(29-17)20-12-14-22-23-15-11-18-7-5-6-10-21(18)25(23)31-24(22)16-13-20/h2-16,20H,1H3. The van der Waals surface area contributed by atoms with E-state index >= 15 is 0 Å². The molecule has 0 fully saturated rings. The molecule has 0 spiro atoms. The van der Waals surface area contributed by atoms with E-state index in [2.05, 4.69) is 70.7 Å². The lowest BCUT2D eigenvalue weighted by Crippen LogP contribution is -2.05. The highest BCUT2D eigenvalue weighted by Crippen LogP contribution is 2.40. The third-order valence-electron chi connectivity index (χ3n) is 5.67. The molecule has 0 N–H and O–H groups in total. The largest absolute Gasteiger partial charge is 0.217 e. The fraction of sp³-hybridized carbons (Fsp3) is 0.0741. The molecule has 4 heteroatoms. The molecule has 0 amide bonds. The second-order valence-corrected chi connectivity index (χ2v) is 8.77. The Kier molecular flexibility index (Phi) is 4.25. The topological polar surface area (TPSA) is 38.7 Å². The molecule has 5 aromatic rings. The van der Waals surface area contributed by atoms with Crippen LogP contribution in [-0.4, -0.2) is 15.0 Å². The lowest BCUT2D eigenvalue weighted by molar-refractivity contribution is 0.852. The Bertz CT molecular complexity index is 1500. The zero-order valence-electron chi connectivity index (χ0n) is 17.0. The average Bonchev–Trinajstić information content (AvgIpc) is 3.04.